The van der Waals surface area contributed by atoms with Crippen molar-refractivity contribution in [3.05, 3.63) is 29.8 Å². The van der Waals surface area contributed by atoms with Crippen molar-refractivity contribution < 1.29 is 4.79 Å². The predicted octanol–water partition coefficient (Wildman–Crippen LogP) is 1.43. The van der Waals surface area contributed by atoms with E-state index in [-0.39, 0.29) is 5.91 Å². The third kappa shape index (κ3) is 2.34. The lowest BCUT2D eigenvalue weighted by molar-refractivity contribution is 0.0415. The zero-order valence-electron chi connectivity index (χ0n) is 11.3. The normalized spacial score (nSPS) is 25.2. The molecule has 2 rings (SSSR count). The molecule has 0 spiro atoms. The molecule has 2 unspecified atom stereocenters. The number of piperazine rings is 1. The molecular formula is C14H21N3O. The van der Waals surface area contributed by atoms with E-state index in [9.17, 15) is 4.79 Å². The maximum absolute atomic E-state index is 12.4. The predicted molar refractivity (Wildman–Crippen MR) is 73.4 cm³/mol. The number of nitrogen functional groups attached to an aromatic ring is 1. The van der Waals surface area contributed by atoms with E-state index in [1.54, 1.807) is 12.1 Å². The topological polar surface area (TPSA) is 49.6 Å². The number of nitrogens with two attached hydrogens (primary N) is 1. The molecule has 1 amide bonds. The summed E-state index contributed by atoms with van der Waals surface area (Å²) in [7, 11) is 2.11. The van der Waals surface area contributed by atoms with Gasteiger partial charge >= 0.3 is 0 Å². The first-order valence-electron chi connectivity index (χ1n) is 6.36. The summed E-state index contributed by atoms with van der Waals surface area (Å²) in [5, 5.41) is 0. The van der Waals surface area contributed by atoms with Gasteiger partial charge in [-0.3, -0.25) is 9.69 Å². The number of rotatable bonds is 1. The molecule has 1 aliphatic heterocycles. The molecule has 0 radical (unpaired) electrons. The number of para-hydroxylation sites is 1. The molecule has 1 fully saturated rings. The van der Waals surface area contributed by atoms with Crippen LogP contribution in [0.15, 0.2) is 24.3 Å². The minimum atomic E-state index is 0.0416. The van der Waals surface area contributed by atoms with E-state index in [0.29, 0.717) is 23.3 Å². The molecule has 4 heteroatoms. The second-order valence-corrected chi connectivity index (χ2v) is 5.16. The van der Waals surface area contributed by atoms with Crippen molar-refractivity contribution >= 4 is 11.6 Å². The average Bonchev–Trinajstić information content (AvgIpc) is 2.35. The Kier molecular flexibility index (Phi) is 3.57. The molecule has 1 aromatic carbocycles. The van der Waals surface area contributed by atoms with Crippen molar-refractivity contribution in [3.8, 4) is 0 Å². The molecule has 1 heterocycles. The number of anilines is 1. The summed E-state index contributed by atoms with van der Waals surface area (Å²) in [5.74, 6) is 0.0416. The van der Waals surface area contributed by atoms with E-state index >= 15 is 0 Å². The van der Waals surface area contributed by atoms with Gasteiger partial charge in [0, 0.05) is 30.9 Å². The highest BCUT2D eigenvalue weighted by atomic mass is 16.2. The highest BCUT2D eigenvalue weighted by molar-refractivity contribution is 5.99. The molecule has 18 heavy (non-hydrogen) atoms. The zero-order chi connectivity index (χ0) is 13.3. The second kappa shape index (κ2) is 4.98. The fraction of sp³-hybridized carbons (Fsp3) is 0.500. The first kappa shape index (κ1) is 12.9. The van der Waals surface area contributed by atoms with Gasteiger partial charge in [0.2, 0.25) is 0 Å². The molecule has 1 aromatic rings. The van der Waals surface area contributed by atoms with Gasteiger partial charge in [0.25, 0.3) is 5.91 Å². The van der Waals surface area contributed by atoms with Crippen LogP contribution in [-0.4, -0.2) is 47.9 Å². The molecule has 98 valence electrons. The molecule has 4 nitrogen and oxygen atoms in total. The zero-order valence-corrected chi connectivity index (χ0v) is 11.3. The molecule has 2 atom stereocenters. The van der Waals surface area contributed by atoms with Crippen LogP contribution in [0.3, 0.4) is 0 Å². The SMILES string of the molecule is CC1CN(C(=O)c2ccccc2N)CC(C)N1C. The second-order valence-electron chi connectivity index (χ2n) is 5.16. The highest BCUT2D eigenvalue weighted by Crippen LogP contribution is 2.19. The van der Waals surface area contributed by atoms with Crippen LogP contribution in [0, 0.1) is 0 Å². The van der Waals surface area contributed by atoms with E-state index in [4.69, 9.17) is 5.73 Å². The van der Waals surface area contributed by atoms with Crippen LogP contribution in [0.1, 0.15) is 24.2 Å². The van der Waals surface area contributed by atoms with E-state index in [1.165, 1.54) is 0 Å². The number of carbonyl (C=O) groups is 1. The Hall–Kier alpha value is -1.55. The molecule has 0 aliphatic carbocycles. The summed E-state index contributed by atoms with van der Waals surface area (Å²) in [4.78, 5) is 16.7. The maximum atomic E-state index is 12.4. The number of likely N-dealkylation sites (N-methyl/N-ethyl adjacent to an activating group) is 1. The standard InChI is InChI=1S/C14H21N3O/c1-10-8-17(9-11(2)16(10)3)14(18)12-6-4-5-7-13(12)15/h4-7,10-11H,8-9,15H2,1-3H3. The van der Waals surface area contributed by atoms with Gasteiger partial charge in [0.1, 0.15) is 0 Å². The van der Waals surface area contributed by atoms with Crippen molar-refractivity contribution in [2.75, 3.05) is 25.9 Å². The van der Waals surface area contributed by atoms with Crippen LogP contribution in [0.2, 0.25) is 0 Å². The monoisotopic (exact) mass is 247 g/mol. The van der Waals surface area contributed by atoms with Gasteiger partial charge in [0.05, 0.1) is 5.56 Å². The molecule has 0 aromatic heterocycles. The summed E-state index contributed by atoms with van der Waals surface area (Å²) >= 11 is 0. The van der Waals surface area contributed by atoms with Crippen LogP contribution in [0.4, 0.5) is 5.69 Å². The number of amides is 1. The van der Waals surface area contributed by atoms with Gasteiger partial charge in [-0.1, -0.05) is 12.1 Å². The Morgan fingerprint density at radius 1 is 1.22 bits per heavy atom. The summed E-state index contributed by atoms with van der Waals surface area (Å²) in [6.45, 7) is 5.80. The van der Waals surface area contributed by atoms with Crippen molar-refractivity contribution in [1.82, 2.24) is 9.80 Å². The molecule has 2 N–H and O–H groups in total. The van der Waals surface area contributed by atoms with Gasteiger partial charge in [-0.15, -0.1) is 0 Å². The summed E-state index contributed by atoms with van der Waals surface area (Å²) < 4.78 is 0. The Morgan fingerprint density at radius 3 is 2.33 bits per heavy atom. The maximum Gasteiger partial charge on any atom is 0.256 e. The van der Waals surface area contributed by atoms with Gasteiger partial charge in [-0.25, -0.2) is 0 Å². The number of benzene rings is 1. The van der Waals surface area contributed by atoms with Crippen molar-refractivity contribution in [2.45, 2.75) is 25.9 Å². The summed E-state index contributed by atoms with van der Waals surface area (Å²) in [6.07, 6.45) is 0. The lowest BCUT2D eigenvalue weighted by Crippen LogP contribution is -2.56. The number of carbonyl (C=O) groups excluding carboxylic acids is 1. The van der Waals surface area contributed by atoms with Crippen LogP contribution in [-0.2, 0) is 0 Å². The Balaban J connectivity index is 2.18. The Morgan fingerprint density at radius 2 is 1.78 bits per heavy atom. The Labute approximate surface area is 108 Å². The lowest BCUT2D eigenvalue weighted by Gasteiger charge is -2.42. The van der Waals surface area contributed by atoms with Gasteiger partial charge < -0.3 is 10.6 Å². The van der Waals surface area contributed by atoms with E-state index in [2.05, 4.69) is 25.8 Å². The quantitative estimate of drug-likeness (QED) is 0.764. The van der Waals surface area contributed by atoms with Gasteiger partial charge in [-0.2, -0.15) is 0 Å². The van der Waals surface area contributed by atoms with Gasteiger partial charge in [0.15, 0.2) is 0 Å². The van der Waals surface area contributed by atoms with Crippen molar-refractivity contribution in [3.63, 3.8) is 0 Å². The molecule has 1 aliphatic rings. The largest absolute Gasteiger partial charge is 0.398 e. The fourth-order valence-corrected chi connectivity index (χ4v) is 2.43. The number of hydrogen-bond donors (Lipinski definition) is 1. The smallest absolute Gasteiger partial charge is 0.256 e. The third-order valence-electron chi connectivity index (χ3n) is 3.84. The minimum absolute atomic E-state index is 0.0416. The molecular weight excluding hydrogens is 226 g/mol. The summed E-state index contributed by atoms with van der Waals surface area (Å²) in [6, 6.07) is 8.03. The molecule has 0 saturated carbocycles. The lowest BCUT2D eigenvalue weighted by atomic mass is 10.1. The number of nitrogens with zero attached hydrogens (tertiary/aromatic N) is 2. The third-order valence-corrected chi connectivity index (χ3v) is 3.84. The number of hydrogen-bond acceptors (Lipinski definition) is 3. The van der Waals surface area contributed by atoms with Crippen molar-refractivity contribution in [1.29, 1.82) is 0 Å². The van der Waals surface area contributed by atoms with Crippen molar-refractivity contribution in [2.24, 2.45) is 0 Å². The van der Waals surface area contributed by atoms with Gasteiger partial charge in [-0.05, 0) is 33.0 Å². The summed E-state index contributed by atoms with van der Waals surface area (Å²) in [5.41, 5.74) is 7.04. The fourth-order valence-electron chi connectivity index (χ4n) is 2.43. The average molecular weight is 247 g/mol. The molecule has 1 saturated heterocycles. The molecule has 0 bridgehead atoms. The van der Waals surface area contributed by atoms with E-state index in [0.717, 1.165) is 13.1 Å². The Bertz CT molecular complexity index is 434. The first-order valence-corrected chi connectivity index (χ1v) is 6.36. The van der Waals surface area contributed by atoms with Crippen LogP contribution in [0.25, 0.3) is 0 Å². The van der Waals surface area contributed by atoms with Crippen LogP contribution >= 0.6 is 0 Å². The van der Waals surface area contributed by atoms with Crippen LogP contribution in [0.5, 0.6) is 0 Å². The van der Waals surface area contributed by atoms with E-state index < -0.39 is 0 Å². The van der Waals surface area contributed by atoms with Crippen LogP contribution < -0.4 is 5.73 Å². The first-order chi connectivity index (χ1) is 8.50. The minimum Gasteiger partial charge on any atom is -0.398 e. The van der Waals surface area contributed by atoms with E-state index in [1.807, 2.05) is 17.0 Å². The highest BCUT2D eigenvalue weighted by Gasteiger charge is 2.30.